The summed E-state index contributed by atoms with van der Waals surface area (Å²) in [5.74, 6) is 0.225. The predicted octanol–water partition coefficient (Wildman–Crippen LogP) is 0.607. The second-order valence-corrected chi connectivity index (χ2v) is 3.87. The van der Waals surface area contributed by atoms with Crippen LogP contribution in [0.4, 0.5) is 0 Å². The van der Waals surface area contributed by atoms with Gasteiger partial charge in [-0.25, -0.2) is 0 Å². The number of nitrogens with zero attached hydrogens (tertiary/aromatic N) is 1. The molecule has 0 atom stereocenters. The van der Waals surface area contributed by atoms with Crippen LogP contribution in [0.3, 0.4) is 0 Å². The van der Waals surface area contributed by atoms with Gasteiger partial charge in [-0.3, -0.25) is 4.79 Å². The molecule has 1 N–H and O–H groups in total. The minimum absolute atomic E-state index is 0.225. The molecule has 1 fully saturated rings. The van der Waals surface area contributed by atoms with Gasteiger partial charge in [0.05, 0.1) is 5.54 Å². The Hall–Kier alpha value is -0.570. The summed E-state index contributed by atoms with van der Waals surface area (Å²) in [6.45, 7) is 5.72. The van der Waals surface area contributed by atoms with Gasteiger partial charge in [-0.1, -0.05) is 0 Å². The van der Waals surface area contributed by atoms with E-state index >= 15 is 0 Å². The highest BCUT2D eigenvalue weighted by Gasteiger charge is 2.31. The van der Waals surface area contributed by atoms with Crippen molar-refractivity contribution in [2.45, 2.75) is 32.2 Å². The molecule has 0 bridgehead atoms. The lowest BCUT2D eigenvalue weighted by Gasteiger charge is -2.28. The summed E-state index contributed by atoms with van der Waals surface area (Å²) in [4.78, 5) is 13.7. The van der Waals surface area contributed by atoms with E-state index in [-0.39, 0.29) is 5.91 Å². The second-order valence-electron chi connectivity index (χ2n) is 3.87. The molecule has 3 heteroatoms. The smallest absolute Gasteiger partial charge is 0.242 e. The molecule has 3 nitrogen and oxygen atoms in total. The van der Waals surface area contributed by atoms with Crippen molar-refractivity contribution < 1.29 is 4.79 Å². The summed E-state index contributed by atoms with van der Waals surface area (Å²) < 4.78 is 0. The Morgan fingerprint density at radius 2 is 1.83 bits per heavy atom. The van der Waals surface area contributed by atoms with Crippen molar-refractivity contribution in [3.63, 3.8) is 0 Å². The number of carbonyl (C=O) groups is 1. The normalized spacial score (nSPS) is 18.4. The zero-order chi connectivity index (χ0) is 9.19. The molecule has 0 unspecified atom stereocenters. The van der Waals surface area contributed by atoms with Crippen molar-refractivity contribution in [1.82, 2.24) is 10.2 Å². The van der Waals surface area contributed by atoms with E-state index in [1.54, 1.807) is 0 Å². The van der Waals surface area contributed by atoms with Crippen molar-refractivity contribution in [2.75, 3.05) is 20.1 Å². The standard InChI is InChI=1S/C9H18N2O/c1-9(2,10-3)8(12)11-6-4-5-7-11/h10H,4-7H2,1-3H3. The van der Waals surface area contributed by atoms with E-state index in [2.05, 4.69) is 5.32 Å². The van der Waals surface area contributed by atoms with E-state index in [9.17, 15) is 4.79 Å². The zero-order valence-electron chi connectivity index (χ0n) is 8.18. The number of rotatable bonds is 2. The molecule has 70 valence electrons. The van der Waals surface area contributed by atoms with E-state index in [4.69, 9.17) is 0 Å². The molecular weight excluding hydrogens is 152 g/mol. The molecule has 1 rings (SSSR count). The first kappa shape index (κ1) is 9.52. The first-order valence-corrected chi connectivity index (χ1v) is 4.56. The lowest BCUT2D eigenvalue weighted by Crippen LogP contribution is -2.51. The van der Waals surface area contributed by atoms with Gasteiger partial charge in [0.2, 0.25) is 5.91 Å². The SMILES string of the molecule is CNC(C)(C)C(=O)N1CCCC1. The van der Waals surface area contributed by atoms with Crippen LogP contribution in [0, 0.1) is 0 Å². The number of amides is 1. The van der Waals surface area contributed by atoms with Gasteiger partial charge < -0.3 is 10.2 Å². The maximum absolute atomic E-state index is 11.8. The molecule has 0 aromatic rings. The summed E-state index contributed by atoms with van der Waals surface area (Å²) >= 11 is 0. The van der Waals surface area contributed by atoms with Gasteiger partial charge in [0, 0.05) is 13.1 Å². The van der Waals surface area contributed by atoms with Gasteiger partial charge in [0.1, 0.15) is 0 Å². The van der Waals surface area contributed by atoms with Crippen LogP contribution < -0.4 is 5.32 Å². The van der Waals surface area contributed by atoms with Crippen LogP contribution in [0.2, 0.25) is 0 Å². The van der Waals surface area contributed by atoms with E-state index in [1.165, 1.54) is 0 Å². The fourth-order valence-electron chi connectivity index (χ4n) is 1.42. The lowest BCUT2D eigenvalue weighted by atomic mass is 10.0. The minimum atomic E-state index is -0.398. The Balaban J connectivity index is 2.56. The first-order valence-electron chi connectivity index (χ1n) is 4.56. The van der Waals surface area contributed by atoms with Crippen molar-refractivity contribution in [3.8, 4) is 0 Å². The summed E-state index contributed by atoms with van der Waals surface area (Å²) in [5, 5.41) is 3.03. The van der Waals surface area contributed by atoms with Crippen LogP contribution in [-0.2, 0) is 4.79 Å². The van der Waals surface area contributed by atoms with Gasteiger partial charge in [0.25, 0.3) is 0 Å². The van der Waals surface area contributed by atoms with Crippen molar-refractivity contribution in [3.05, 3.63) is 0 Å². The van der Waals surface area contributed by atoms with Gasteiger partial charge in [-0.15, -0.1) is 0 Å². The number of likely N-dealkylation sites (N-methyl/N-ethyl adjacent to an activating group) is 1. The molecule has 1 amide bonds. The number of hydrogen-bond acceptors (Lipinski definition) is 2. The van der Waals surface area contributed by atoms with Crippen molar-refractivity contribution in [2.24, 2.45) is 0 Å². The van der Waals surface area contributed by atoms with Crippen LogP contribution in [0.1, 0.15) is 26.7 Å². The molecule has 0 aromatic heterocycles. The van der Waals surface area contributed by atoms with E-state index in [0.717, 1.165) is 25.9 Å². The quantitative estimate of drug-likeness (QED) is 0.658. The molecule has 0 aromatic carbocycles. The molecule has 0 spiro atoms. The zero-order valence-corrected chi connectivity index (χ0v) is 8.18. The van der Waals surface area contributed by atoms with Gasteiger partial charge in [-0.2, -0.15) is 0 Å². The lowest BCUT2D eigenvalue weighted by molar-refractivity contribution is -0.135. The topological polar surface area (TPSA) is 32.3 Å². The largest absolute Gasteiger partial charge is 0.341 e. The Labute approximate surface area is 74.1 Å². The average molecular weight is 170 g/mol. The highest BCUT2D eigenvalue weighted by atomic mass is 16.2. The molecule has 1 aliphatic heterocycles. The molecule has 0 radical (unpaired) electrons. The van der Waals surface area contributed by atoms with Crippen LogP contribution in [0.5, 0.6) is 0 Å². The highest BCUT2D eigenvalue weighted by Crippen LogP contribution is 2.13. The number of hydrogen-bond donors (Lipinski definition) is 1. The fraction of sp³-hybridized carbons (Fsp3) is 0.889. The highest BCUT2D eigenvalue weighted by molar-refractivity contribution is 5.85. The van der Waals surface area contributed by atoms with Crippen molar-refractivity contribution in [1.29, 1.82) is 0 Å². The molecule has 1 saturated heterocycles. The third kappa shape index (κ3) is 1.78. The van der Waals surface area contributed by atoms with Gasteiger partial charge in [0.15, 0.2) is 0 Å². The van der Waals surface area contributed by atoms with Gasteiger partial charge >= 0.3 is 0 Å². The Morgan fingerprint density at radius 1 is 1.33 bits per heavy atom. The third-order valence-electron chi connectivity index (χ3n) is 2.55. The molecule has 12 heavy (non-hydrogen) atoms. The number of carbonyl (C=O) groups excluding carboxylic acids is 1. The average Bonchev–Trinajstić information content (AvgIpc) is 2.55. The summed E-state index contributed by atoms with van der Waals surface area (Å²) in [7, 11) is 1.83. The Morgan fingerprint density at radius 3 is 2.25 bits per heavy atom. The number of likely N-dealkylation sites (tertiary alicyclic amines) is 1. The Bertz CT molecular complexity index is 171. The molecule has 1 aliphatic rings. The molecule has 0 aliphatic carbocycles. The van der Waals surface area contributed by atoms with E-state index in [0.29, 0.717) is 0 Å². The second kappa shape index (κ2) is 3.44. The summed E-state index contributed by atoms with van der Waals surface area (Å²) in [5.41, 5.74) is -0.398. The molecule has 1 heterocycles. The maximum Gasteiger partial charge on any atom is 0.242 e. The Kier molecular flexibility index (Phi) is 2.73. The predicted molar refractivity (Wildman–Crippen MR) is 49.0 cm³/mol. The summed E-state index contributed by atoms with van der Waals surface area (Å²) in [6, 6.07) is 0. The van der Waals surface area contributed by atoms with E-state index < -0.39 is 5.54 Å². The maximum atomic E-state index is 11.8. The van der Waals surface area contributed by atoms with E-state index in [1.807, 2.05) is 25.8 Å². The molecular formula is C9H18N2O. The minimum Gasteiger partial charge on any atom is -0.341 e. The monoisotopic (exact) mass is 170 g/mol. The third-order valence-corrected chi connectivity index (χ3v) is 2.55. The van der Waals surface area contributed by atoms with Crippen LogP contribution in [0.15, 0.2) is 0 Å². The number of nitrogens with one attached hydrogen (secondary N) is 1. The van der Waals surface area contributed by atoms with Crippen LogP contribution in [-0.4, -0.2) is 36.5 Å². The summed E-state index contributed by atoms with van der Waals surface area (Å²) in [6.07, 6.45) is 2.32. The van der Waals surface area contributed by atoms with Gasteiger partial charge in [-0.05, 0) is 33.7 Å². The molecule has 0 saturated carbocycles. The van der Waals surface area contributed by atoms with Crippen LogP contribution in [0.25, 0.3) is 0 Å². The fourth-order valence-corrected chi connectivity index (χ4v) is 1.42. The first-order chi connectivity index (χ1) is 5.58. The van der Waals surface area contributed by atoms with Crippen molar-refractivity contribution >= 4 is 5.91 Å². The van der Waals surface area contributed by atoms with Crippen LogP contribution >= 0.6 is 0 Å².